The molecule has 2 aromatic heterocycles. The maximum absolute atomic E-state index is 9.31. The Balaban J connectivity index is 2.34. The van der Waals surface area contributed by atoms with Crippen molar-refractivity contribution in [1.82, 2.24) is 15.0 Å². The molecule has 0 fully saturated rings. The van der Waals surface area contributed by atoms with Crippen LogP contribution in [0, 0.1) is 0 Å². The minimum Gasteiger partial charge on any atom is -0.388 e. The molecule has 0 saturated heterocycles. The van der Waals surface area contributed by atoms with Gasteiger partial charge in [-0.25, -0.2) is 15.0 Å². The second-order valence-corrected chi connectivity index (χ2v) is 3.88. The second-order valence-electron chi connectivity index (χ2n) is 2.82. The molecule has 2 heterocycles. The highest BCUT2D eigenvalue weighted by Gasteiger charge is 2.09. The number of aromatic nitrogens is 3. The molecule has 72 valence electrons. The largest absolute Gasteiger partial charge is 0.388 e. The van der Waals surface area contributed by atoms with E-state index in [1.807, 2.05) is 0 Å². The van der Waals surface area contributed by atoms with E-state index in [2.05, 4.69) is 15.0 Å². The first kappa shape index (κ1) is 9.23. The molecule has 0 aliphatic rings. The summed E-state index contributed by atoms with van der Waals surface area (Å²) in [5.74, 6) is 0.601. The number of nitrogens with zero attached hydrogens (tertiary/aromatic N) is 3. The van der Waals surface area contributed by atoms with Gasteiger partial charge in [0.25, 0.3) is 0 Å². The minimum absolute atomic E-state index is 0.482. The van der Waals surface area contributed by atoms with E-state index in [1.54, 1.807) is 31.6 Å². The molecule has 0 amide bonds. The van der Waals surface area contributed by atoms with E-state index in [1.165, 1.54) is 11.3 Å². The van der Waals surface area contributed by atoms with Crippen LogP contribution < -0.4 is 0 Å². The number of thiazole rings is 1. The quantitative estimate of drug-likeness (QED) is 0.813. The Morgan fingerprint density at radius 2 is 2.00 bits per heavy atom. The van der Waals surface area contributed by atoms with Gasteiger partial charge in [-0.3, -0.25) is 0 Å². The second kappa shape index (κ2) is 3.81. The third kappa shape index (κ3) is 1.78. The van der Waals surface area contributed by atoms with E-state index >= 15 is 0 Å². The molecule has 14 heavy (non-hydrogen) atoms. The first-order valence-electron chi connectivity index (χ1n) is 4.18. The summed E-state index contributed by atoms with van der Waals surface area (Å²) in [4.78, 5) is 13.1. The Labute approximate surface area is 85.3 Å². The average molecular weight is 207 g/mol. The minimum atomic E-state index is -0.482. The molecule has 0 bridgehead atoms. The fourth-order valence-corrected chi connectivity index (χ4v) is 1.79. The molecular weight excluding hydrogens is 198 g/mol. The summed E-state index contributed by atoms with van der Waals surface area (Å²) in [5, 5.41) is 10.1. The lowest BCUT2D eigenvalue weighted by Crippen LogP contribution is -1.84. The van der Waals surface area contributed by atoms with Gasteiger partial charge in [0.05, 0.1) is 11.0 Å². The van der Waals surface area contributed by atoms with Crippen LogP contribution >= 0.6 is 11.3 Å². The van der Waals surface area contributed by atoms with E-state index in [-0.39, 0.29) is 0 Å². The Hall–Kier alpha value is -1.33. The molecule has 1 N–H and O–H groups in total. The van der Waals surface area contributed by atoms with Gasteiger partial charge >= 0.3 is 0 Å². The lowest BCUT2D eigenvalue weighted by atomic mass is 10.4. The van der Waals surface area contributed by atoms with Gasteiger partial charge in [0.1, 0.15) is 0 Å². The van der Waals surface area contributed by atoms with Crippen molar-refractivity contribution in [3.63, 3.8) is 0 Å². The smallest absolute Gasteiger partial charge is 0.188 e. The SMILES string of the molecule is CC(O)c1cnc(-c2ncccn2)s1. The fourth-order valence-electron chi connectivity index (χ4n) is 0.993. The van der Waals surface area contributed by atoms with Gasteiger partial charge in [0.2, 0.25) is 0 Å². The van der Waals surface area contributed by atoms with E-state index in [0.717, 1.165) is 9.88 Å². The Kier molecular flexibility index (Phi) is 2.51. The van der Waals surface area contributed by atoms with Crippen LogP contribution in [0.2, 0.25) is 0 Å². The van der Waals surface area contributed by atoms with Crippen molar-refractivity contribution < 1.29 is 5.11 Å². The first-order chi connectivity index (χ1) is 6.77. The van der Waals surface area contributed by atoms with E-state index in [4.69, 9.17) is 0 Å². The van der Waals surface area contributed by atoms with Crippen molar-refractivity contribution in [2.75, 3.05) is 0 Å². The van der Waals surface area contributed by atoms with Crippen LogP contribution in [-0.4, -0.2) is 20.1 Å². The molecule has 2 rings (SSSR count). The van der Waals surface area contributed by atoms with Gasteiger partial charge in [-0.1, -0.05) is 0 Å². The highest BCUT2D eigenvalue weighted by atomic mass is 32.1. The predicted octanol–water partition coefficient (Wildman–Crippen LogP) is 1.65. The highest BCUT2D eigenvalue weighted by molar-refractivity contribution is 7.15. The zero-order valence-corrected chi connectivity index (χ0v) is 8.40. The number of hydrogen-bond acceptors (Lipinski definition) is 5. The molecule has 1 unspecified atom stereocenters. The number of rotatable bonds is 2. The fraction of sp³-hybridized carbons (Fsp3) is 0.222. The molecule has 1 atom stereocenters. The van der Waals surface area contributed by atoms with Crippen molar-refractivity contribution in [1.29, 1.82) is 0 Å². The van der Waals surface area contributed by atoms with Gasteiger partial charge in [-0.2, -0.15) is 0 Å². The van der Waals surface area contributed by atoms with Crippen LogP contribution in [0.25, 0.3) is 10.8 Å². The normalized spacial score (nSPS) is 12.7. The van der Waals surface area contributed by atoms with Gasteiger partial charge in [-0.15, -0.1) is 11.3 Å². The third-order valence-electron chi connectivity index (χ3n) is 1.69. The Bertz CT molecular complexity index is 413. The summed E-state index contributed by atoms with van der Waals surface area (Å²) in [6.07, 6.45) is 4.52. The molecule has 0 radical (unpaired) electrons. The molecule has 0 aromatic carbocycles. The monoisotopic (exact) mass is 207 g/mol. The third-order valence-corrected chi connectivity index (χ3v) is 2.86. The van der Waals surface area contributed by atoms with E-state index in [9.17, 15) is 5.11 Å². The summed E-state index contributed by atoms with van der Waals surface area (Å²) >= 11 is 1.41. The summed E-state index contributed by atoms with van der Waals surface area (Å²) in [6.45, 7) is 1.71. The molecular formula is C9H9N3OS. The van der Waals surface area contributed by atoms with Crippen LogP contribution in [0.5, 0.6) is 0 Å². The van der Waals surface area contributed by atoms with Gasteiger partial charge in [0.15, 0.2) is 10.8 Å². The molecule has 0 spiro atoms. The van der Waals surface area contributed by atoms with Crippen LogP contribution in [-0.2, 0) is 0 Å². The summed E-state index contributed by atoms with van der Waals surface area (Å²) in [5.41, 5.74) is 0. The van der Waals surface area contributed by atoms with Crippen LogP contribution in [0.4, 0.5) is 0 Å². The van der Waals surface area contributed by atoms with Crippen LogP contribution in [0.15, 0.2) is 24.7 Å². The number of aliphatic hydroxyl groups excluding tert-OH is 1. The lowest BCUT2D eigenvalue weighted by molar-refractivity contribution is 0.203. The predicted molar refractivity (Wildman–Crippen MR) is 53.8 cm³/mol. The average Bonchev–Trinajstić information content (AvgIpc) is 2.68. The molecule has 0 saturated carbocycles. The molecule has 2 aromatic rings. The lowest BCUT2D eigenvalue weighted by Gasteiger charge is -1.95. The maximum Gasteiger partial charge on any atom is 0.188 e. The summed E-state index contributed by atoms with van der Waals surface area (Å²) in [6, 6.07) is 1.76. The topological polar surface area (TPSA) is 58.9 Å². The standard InChI is InChI=1S/C9H9N3OS/c1-6(13)7-5-12-9(14-7)8-10-3-2-4-11-8/h2-6,13H,1H3. The Morgan fingerprint density at radius 1 is 1.29 bits per heavy atom. The van der Waals surface area contributed by atoms with Crippen molar-refractivity contribution in [3.05, 3.63) is 29.5 Å². The van der Waals surface area contributed by atoms with Crippen molar-refractivity contribution in [2.24, 2.45) is 0 Å². The molecule has 5 heteroatoms. The van der Waals surface area contributed by atoms with Gasteiger partial charge in [0, 0.05) is 18.6 Å². The zero-order chi connectivity index (χ0) is 9.97. The number of aliphatic hydroxyl groups is 1. The summed E-state index contributed by atoms with van der Waals surface area (Å²) < 4.78 is 0. The van der Waals surface area contributed by atoms with Crippen LogP contribution in [0.1, 0.15) is 17.9 Å². The molecule has 0 aliphatic heterocycles. The van der Waals surface area contributed by atoms with Crippen molar-refractivity contribution in [3.8, 4) is 10.8 Å². The zero-order valence-electron chi connectivity index (χ0n) is 7.58. The highest BCUT2D eigenvalue weighted by Crippen LogP contribution is 2.25. The Morgan fingerprint density at radius 3 is 2.57 bits per heavy atom. The first-order valence-corrected chi connectivity index (χ1v) is 5.00. The summed E-state index contributed by atoms with van der Waals surface area (Å²) in [7, 11) is 0. The van der Waals surface area contributed by atoms with E-state index in [0.29, 0.717) is 5.82 Å². The maximum atomic E-state index is 9.31. The van der Waals surface area contributed by atoms with Crippen LogP contribution in [0.3, 0.4) is 0 Å². The van der Waals surface area contributed by atoms with E-state index < -0.39 is 6.10 Å². The molecule has 4 nitrogen and oxygen atoms in total. The van der Waals surface area contributed by atoms with Crippen molar-refractivity contribution >= 4 is 11.3 Å². The number of hydrogen-bond donors (Lipinski definition) is 1. The van der Waals surface area contributed by atoms with Crippen molar-refractivity contribution in [2.45, 2.75) is 13.0 Å². The van der Waals surface area contributed by atoms with Gasteiger partial charge in [-0.05, 0) is 13.0 Å². The molecule has 0 aliphatic carbocycles. The van der Waals surface area contributed by atoms with Gasteiger partial charge < -0.3 is 5.11 Å².